The van der Waals surface area contributed by atoms with E-state index in [4.69, 9.17) is 13.9 Å². The number of carbonyl (C=O) groups excluding carboxylic acids is 1. The van der Waals surface area contributed by atoms with Crippen molar-refractivity contribution in [3.63, 3.8) is 0 Å². The largest absolute Gasteiger partial charge is 0.496 e. The summed E-state index contributed by atoms with van der Waals surface area (Å²) in [4.78, 5) is 12.6. The normalized spacial score (nSPS) is 20.3. The highest BCUT2D eigenvalue weighted by Gasteiger charge is 2.37. The Kier molecular flexibility index (Phi) is 5.58. The van der Waals surface area contributed by atoms with Gasteiger partial charge in [-0.15, -0.1) is 0 Å². The maximum atomic E-state index is 13.8. The number of ether oxygens (including phenoxy) is 2. The molecule has 1 aromatic carbocycles. The number of halogens is 1. The Morgan fingerprint density at radius 2 is 2.12 bits per heavy atom. The van der Waals surface area contributed by atoms with Crippen molar-refractivity contribution >= 4 is 5.91 Å². The summed E-state index contributed by atoms with van der Waals surface area (Å²) >= 11 is 0. The zero-order chi connectivity index (χ0) is 18.7. The number of aliphatic hydroxyl groups excluding tert-OH is 1. The average Bonchev–Trinajstić information content (AvgIpc) is 3.06. The summed E-state index contributed by atoms with van der Waals surface area (Å²) in [7, 11) is 3.03. The third-order valence-electron chi connectivity index (χ3n) is 4.61. The molecule has 7 heteroatoms. The summed E-state index contributed by atoms with van der Waals surface area (Å²) in [6.45, 7) is 0.267. The van der Waals surface area contributed by atoms with Crippen molar-refractivity contribution in [1.29, 1.82) is 0 Å². The van der Waals surface area contributed by atoms with Crippen LogP contribution >= 0.6 is 0 Å². The van der Waals surface area contributed by atoms with E-state index >= 15 is 0 Å². The highest BCUT2D eigenvalue weighted by Crippen LogP contribution is 2.41. The van der Waals surface area contributed by atoms with Crippen LogP contribution in [0.2, 0.25) is 0 Å². The predicted octanol–water partition coefficient (Wildman–Crippen LogP) is 2.82. The van der Waals surface area contributed by atoms with Crippen LogP contribution in [0.4, 0.5) is 4.39 Å². The van der Waals surface area contributed by atoms with Crippen LogP contribution in [-0.2, 0) is 11.3 Å². The number of hydrogen-bond donors (Lipinski definition) is 2. The highest BCUT2D eigenvalue weighted by molar-refractivity contribution is 5.91. The molecule has 140 valence electrons. The van der Waals surface area contributed by atoms with Crippen LogP contribution in [0.1, 0.15) is 40.8 Å². The number of furan rings is 1. The molecular formula is C19H22FNO5. The number of amides is 1. The van der Waals surface area contributed by atoms with Gasteiger partial charge in [-0.3, -0.25) is 4.79 Å². The number of benzene rings is 1. The molecule has 1 amide bonds. The Balaban J connectivity index is 1.85. The fourth-order valence-corrected chi connectivity index (χ4v) is 3.23. The molecule has 1 aliphatic rings. The number of aliphatic hydroxyl groups is 1. The lowest BCUT2D eigenvalue weighted by atomic mass is 9.75. The van der Waals surface area contributed by atoms with Gasteiger partial charge in [-0.2, -0.15) is 0 Å². The van der Waals surface area contributed by atoms with E-state index in [1.165, 1.54) is 32.4 Å². The fraction of sp³-hybridized carbons (Fsp3) is 0.421. The van der Waals surface area contributed by atoms with Gasteiger partial charge in [-0.25, -0.2) is 4.39 Å². The fourth-order valence-electron chi connectivity index (χ4n) is 3.23. The molecule has 1 heterocycles. The highest BCUT2D eigenvalue weighted by atomic mass is 19.1. The van der Waals surface area contributed by atoms with E-state index in [1.807, 2.05) is 0 Å². The van der Waals surface area contributed by atoms with E-state index in [1.54, 1.807) is 12.1 Å². The molecule has 1 unspecified atom stereocenters. The Morgan fingerprint density at radius 1 is 1.35 bits per heavy atom. The quantitative estimate of drug-likeness (QED) is 0.791. The molecule has 0 bridgehead atoms. The van der Waals surface area contributed by atoms with Crippen molar-refractivity contribution in [3.8, 4) is 5.75 Å². The first-order valence-electron chi connectivity index (χ1n) is 8.41. The van der Waals surface area contributed by atoms with E-state index in [0.717, 1.165) is 0 Å². The zero-order valence-corrected chi connectivity index (χ0v) is 14.7. The lowest BCUT2D eigenvalue weighted by Crippen LogP contribution is -2.41. The maximum absolute atomic E-state index is 13.8. The van der Waals surface area contributed by atoms with Crippen molar-refractivity contribution < 1.29 is 28.2 Å². The monoisotopic (exact) mass is 363 g/mol. The first-order valence-corrected chi connectivity index (χ1v) is 8.41. The third-order valence-corrected chi connectivity index (χ3v) is 4.61. The van der Waals surface area contributed by atoms with Gasteiger partial charge in [-0.1, -0.05) is 0 Å². The molecule has 1 fully saturated rings. The Morgan fingerprint density at radius 3 is 2.77 bits per heavy atom. The number of hydrogen-bond acceptors (Lipinski definition) is 5. The second kappa shape index (κ2) is 7.88. The van der Waals surface area contributed by atoms with Gasteiger partial charge in [-0.05, 0) is 49.1 Å². The summed E-state index contributed by atoms with van der Waals surface area (Å²) in [6.07, 6.45) is 0.644. The molecule has 26 heavy (non-hydrogen) atoms. The van der Waals surface area contributed by atoms with E-state index in [0.29, 0.717) is 29.9 Å². The smallest absolute Gasteiger partial charge is 0.287 e. The maximum Gasteiger partial charge on any atom is 0.287 e. The number of carbonyl (C=O) groups is 1. The summed E-state index contributed by atoms with van der Waals surface area (Å²) in [5.74, 6) is 0.329. The van der Waals surface area contributed by atoms with Gasteiger partial charge in [0, 0.05) is 12.7 Å². The Labute approximate surface area is 150 Å². The van der Waals surface area contributed by atoms with E-state index < -0.39 is 23.9 Å². The van der Waals surface area contributed by atoms with Crippen LogP contribution in [0, 0.1) is 11.7 Å². The lowest BCUT2D eigenvalue weighted by Gasteiger charge is -2.38. The molecule has 1 aliphatic carbocycles. The first-order chi connectivity index (χ1) is 12.5. The standard InChI is InChI=1S/C19H22FNO5/c1-24-10-14-4-6-17(26-14)19(23)21-18(11-7-13(22)8-11)15-9-12(20)3-5-16(15)25-2/h3-6,9,11,13,18,22H,7-8,10H2,1-2H3,(H,21,23). The Bertz CT molecular complexity index is 769. The van der Waals surface area contributed by atoms with Gasteiger partial charge < -0.3 is 24.3 Å². The molecular weight excluding hydrogens is 341 g/mol. The molecule has 0 radical (unpaired) electrons. The predicted molar refractivity (Wildman–Crippen MR) is 91.3 cm³/mol. The van der Waals surface area contributed by atoms with E-state index in [2.05, 4.69) is 5.32 Å². The Hall–Kier alpha value is -2.38. The molecule has 3 rings (SSSR count). The van der Waals surface area contributed by atoms with Crippen LogP contribution in [0.25, 0.3) is 0 Å². The van der Waals surface area contributed by atoms with Gasteiger partial charge in [0.2, 0.25) is 0 Å². The molecule has 0 spiro atoms. The van der Waals surface area contributed by atoms with Gasteiger partial charge >= 0.3 is 0 Å². The number of methoxy groups -OCH3 is 2. The molecule has 1 atom stereocenters. The molecule has 0 aliphatic heterocycles. The zero-order valence-electron chi connectivity index (χ0n) is 14.7. The van der Waals surface area contributed by atoms with Crippen LogP contribution in [0.5, 0.6) is 5.75 Å². The molecule has 2 aromatic rings. The van der Waals surface area contributed by atoms with Gasteiger partial charge in [0.15, 0.2) is 5.76 Å². The molecule has 1 saturated carbocycles. The molecule has 1 aromatic heterocycles. The minimum atomic E-state index is -0.493. The number of nitrogens with one attached hydrogen (secondary N) is 1. The summed E-state index contributed by atoms with van der Waals surface area (Å²) < 4.78 is 29.6. The SMILES string of the molecule is COCc1ccc(C(=O)NC(c2cc(F)ccc2OC)C2CC(O)C2)o1. The van der Waals surface area contributed by atoms with Gasteiger partial charge in [0.25, 0.3) is 5.91 Å². The summed E-state index contributed by atoms with van der Waals surface area (Å²) in [6, 6.07) is 6.94. The topological polar surface area (TPSA) is 80.9 Å². The van der Waals surface area contributed by atoms with Crippen molar-refractivity contribution in [1.82, 2.24) is 5.32 Å². The van der Waals surface area contributed by atoms with E-state index in [9.17, 15) is 14.3 Å². The summed E-state index contributed by atoms with van der Waals surface area (Å²) in [5.41, 5.74) is 0.543. The van der Waals surface area contributed by atoms with Crippen LogP contribution in [0.15, 0.2) is 34.7 Å². The average molecular weight is 363 g/mol. The number of rotatable bonds is 7. The third kappa shape index (κ3) is 3.89. The van der Waals surface area contributed by atoms with Crippen molar-refractivity contribution in [3.05, 3.63) is 53.2 Å². The molecule has 2 N–H and O–H groups in total. The van der Waals surface area contributed by atoms with Crippen molar-refractivity contribution in [2.45, 2.75) is 31.6 Å². The van der Waals surface area contributed by atoms with Crippen molar-refractivity contribution in [2.75, 3.05) is 14.2 Å². The molecule has 0 saturated heterocycles. The summed E-state index contributed by atoms with van der Waals surface area (Å²) in [5, 5.41) is 12.6. The minimum Gasteiger partial charge on any atom is -0.496 e. The van der Waals surface area contributed by atoms with Crippen LogP contribution in [-0.4, -0.2) is 31.3 Å². The van der Waals surface area contributed by atoms with Gasteiger partial charge in [0.1, 0.15) is 23.9 Å². The van der Waals surface area contributed by atoms with Crippen LogP contribution in [0.3, 0.4) is 0 Å². The lowest BCUT2D eigenvalue weighted by molar-refractivity contribution is 0.0227. The molecule has 6 nitrogen and oxygen atoms in total. The van der Waals surface area contributed by atoms with Crippen LogP contribution < -0.4 is 10.1 Å². The van der Waals surface area contributed by atoms with E-state index in [-0.39, 0.29) is 18.3 Å². The van der Waals surface area contributed by atoms with Gasteiger partial charge in [0.05, 0.1) is 19.3 Å². The van der Waals surface area contributed by atoms with Crippen molar-refractivity contribution in [2.24, 2.45) is 5.92 Å². The second-order valence-electron chi connectivity index (χ2n) is 6.42. The minimum absolute atomic E-state index is 0.0157. The second-order valence-corrected chi connectivity index (χ2v) is 6.42. The first kappa shape index (κ1) is 18.4.